The highest BCUT2D eigenvalue weighted by Gasteiger charge is 2.11. The number of ether oxygens (including phenoxy) is 1. The van der Waals surface area contributed by atoms with E-state index in [1.807, 2.05) is 0 Å². The van der Waals surface area contributed by atoms with Gasteiger partial charge in [-0.15, -0.1) is 0 Å². The fourth-order valence-electron chi connectivity index (χ4n) is 2.99. The fourth-order valence-corrected chi connectivity index (χ4v) is 2.99. The average molecular weight is 367 g/mol. The molecule has 26 heavy (non-hydrogen) atoms. The summed E-state index contributed by atoms with van der Waals surface area (Å²) in [5, 5.41) is 0. The highest BCUT2D eigenvalue weighted by atomic mass is 16.6. The Kier molecular flexibility index (Phi) is 17.9. The van der Waals surface area contributed by atoms with Gasteiger partial charge in [-0.1, -0.05) is 103 Å². The summed E-state index contributed by atoms with van der Waals surface area (Å²) < 4.78 is 4.78. The molecular formula is C23H42O3. The Labute approximate surface area is 162 Å². The second-order valence-electron chi connectivity index (χ2n) is 7.43. The summed E-state index contributed by atoms with van der Waals surface area (Å²) in [6, 6.07) is 0. The first-order chi connectivity index (χ1) is 12.6. The Bertz CT molecular complexity index is 385. The summed E-state index contributed by atoms with van der Waals surface area (Å²) in [4.78, 5) is 23.0. The Morgan fingerprint density at radius 3 is 1.46 bits per heavy atom. The van der Waals surface area contributed by atoms with Crippen LogP contribution in [-0.4, -0.2) is 11.9 Å². The molecule has 0 unspecified atom stereocenters. The summed E-state index contributed by atoms with van der Waals surface area (Å²) in [7, 11) is 0. The maximum atomic E-state index is 11.5. The van der Waals surface area contributed by atoms with Crippen LogP contribution in [0, 0.1) is 0 Å². The molecule has 0 aliphatic heterocycles. The molecule has 0 heterocycles. The molecule has 3 nitrogen and oxygen atoms in total. The smallest absolute Gasteiger partial charge is 0.341 e. The minimum absolute atomic E-state index is 0.348. The van der Waals surface area contributed by atoms with E-state index in [9.17, 15) is 9.59 Å². The van der Waals surface area contributed by atoms with Crippen molar-refractivity contribution in [1.82, 2.24) is 0 Å². The van der Waals surface area contributed by atoms with Crippen molar-refractivity contribution in [3.05, 3.63) is 11.6 Å². The van der Waals surface area contributed by atoms with Crippen LogP contribution < -0.4 is 0 Å². The molecule has 0 aliphatic rings. The van der Waals surface area contributed by atoms with E-state index < -0.39 is 11.9 Å². The molecule has 0 atom stereocenters. The largest absolute Gasteiger partial charge is 0.390 e. The second kappa shape index (κ2) is 18.7. The zero-order valence-corrected chi connectivity index (χ0v) is 17.6. The lowest BCUT2D eigenvalue weighted by atomic mass is 10.0. The first kappa shape index (κ1) is 24.9. The van der Waals surface area contributed by atoms with Crippen molar-refractivity contribution in [2.24, 2.45) is 0 Å². The first-order valence-corrected chi connectivity index (χ1v) is 11.0. The number of carbonyl (C=O) groups is 2. The van der Waals surface area contributed by atoms with E-state index >= 15 is 0 Å². The molecule has 152 valence electrons. The van der Waals surface area contributed by atoms with Crippen LogP contribution in [0.15, 0.2) is 11.6 Å². The summed E-state index contributed by atoms with van der Waals surface area (Å²) in [6.07, 6.45) is 21.5. The van der Waals surface area contributed by atoms with E-state index in [4.69, 9.17) is 4.74 Å². The van der Waals surface area contributed by atoms with Crippen molar-refractivity contribution in [3.63, 3.8) is 0 Å². The van der Waals surface area contributed by atoms with Gasteiger partial charge in [0.25, 0.3) is 0 Å². The Hall–Kier alpha value is -1.12. The molecule has 0 rings (SSSR count). The van der Waals surface area contributed by atoms with Crippen molar-refractivity contribution in [1.29, 1.82) is 0 Å². The van der Waals surface area contributed by atoms with Crippen LogP contribution in [0.2, 0.25) is 0 Å². The fraction of sp³-hybridized carbons (Fsp3) is 0.826. The quantitative estimate of drug-likeness (QED) is 0.117. The zero-order chi connectivity index (χ0) is 19.5. The number of carbonyl (C=O) groups excluding carboxylic acids is 2. The molecule has 0 fully saturated rings. The molecule has 0 radical (unpaired) electrons. The molecular weight excluding hydrogens is 324 g/mol. The van der Waals surface area contributed by atoms with Crippen molar-refractivity contribution in [2.75, 3.05) is 0 Å². The van der Waals surface area contributed by atoms with Gasteiger partial charge in [-0.05, 0) is 20.3 Å². The van der Waals surface area contributed by atoms with Gasteiger partial charge in [0.2, 0.25) is 0 Å². The Morgan fingerprint density at radius 2 is 1.08 bits per heavy atom. The molecule has 0 saturated carbocycles. The van der Waals surface area contributed by atoms with Gasteiger partial charge in [0.15, 0.2) is 0 Å². The molecule has 0 N–H and O–H groups in total. The number of allylic oxidation sites excluding steroid dienone is 1. The van der Waals surface area contributed by atoms with Gasteiger partial charge in [-0.25, -0.2) is 4.79 Å². The predicted molar refractivity (Wildman–Crippen MR) is 110 cm³/mol. The van der Waals surface area contributed by atoms with E-state index in [2.05, 4.69) is 6.92 Å². The van der Waals surface area contributed by atoms with Crippen molar-refractivity contribution in [2.45, 2.75) is 124 Å². The molecule has 0 aromatic heterocycles. The highest BCUT2D eigenvalue weighted by Crippen LogP contribution is 2.14. The molecule has 3 heteroatoms. The van der Waals surface area contributed by atoms with Gasteiger partial charge >= 0.3 is 11.9 Å². The van der Waals surface area contributed by atoms with Crippen LogP contribution in [0.3, 0.4) is 0 Å². The summed E-state index contributed by atoms with van der Waals surface area (Å²) >= 11 is 0. The van der Waals surface area contributed by atoms with E-state index in [-0.39, 0.29) is 0 Å². The van der Waals surface area contributed by atoms with Crippen LogP contribution in [-0.2, 0) is 14.3 Å². The van der Waals surface area contributed by atoms with Gasteiger partial charge < -0.3 is 4.74 Å². The number of rotatable bonds is 17. The maximum Gasteiger partial charge on any atom is 0.341 e. The zero-order valence-electron chi connectivity index (χ0n) is 17.6. The Balaban J connectivity index is 3.26. The van der Waals surface area contributed by atoms with Crippen LogP contribution in [0.4, 0.5) is 0 Å². The SMILES string of the molecule is CC=C(C)C(=O)OC(=O)CCCCCCCCCCCCCCCCC. The van der Waals surface area contributed by atoms with Crippen molar-refractivity contribution in [3.8, 4) is 0 Å². The molecule has 0 amide bonds. The molecule has 0 aliphatic carbocycles. The van der Waals surface area contributed by atoms with E-state index in [0.717, 1.165) is 12.8 Å². The van der Waals surface area contributed by atoms with Gasteiger partial charge in [0.1, 0.15) is 0 Å². The third-order valence-electron chi connectivity index (χ3n) is 4.95. The number of hydrogen-bond donors (Lipinski definition) is 0. The predicted octanol–water partition coefficient (Wildman–Crippen LogP) is 7.28. The summed E-state index contributed by atoms with van der Waals surface area (Å²) in [6.45, 7) is 5.68. The molecule has 0 aromatic carbocycles. The van der Waals surface area contributed by atoms with Crippen LogP contribution in [0.25, 0.3) is 0 Å². The standard InChI is InChI=1S/C23H42O3/c1-4-6-7-8-9-10-11-12-13-14-15-16-17-18-19-20-22(24)26-23(25)21(3)5-2/h5H,4,6-20H2,1-3H3. The maximum absolute atomic E-state index is 11.5. The van der Waals surface area contributed by atoms with Gasteiger partial charge in [-0.3, -0.25) is 4.79 Å². The monoisotopic (exact) mass is 366 g/mol. The lowest BCUT2D eigenvalue weighted by Gasteiger charge is -2.04. The molecule has 0 spiro atoms. The van der Waals surface area contributed by atoms with Crippen LogP contribution in [0.5, 0.6) is 0 Å². The topological polar surface area (TPSA) is 43.4 Å². The number of esters is 2. The van der Waals surface area contributed by atoms with Gasteiger partial charge in [0, 0.05) is 12.0 Å². The normalized spacial score (nSPS) is 11.6. The lowest BCUT2D eigenvalue weighted by Crippen LogP contribution is -2.12. The van der Waals surface area contributed by atoms with Crippen molar-refractivity contribution >= 4 is 11.9 Å². The molecule has 0 aromatic rings. The highest BCUT2D eigenvalue weighted by molar-refractivity contribution is 5.95. The Morgan fingerprint density at radius 1 is 0.692 bits per heavy atom. The second-order valence-corrected chi connectivity index (χ2v) is 7.43. The van der Waals surface area contributed by atoms with Crippen LogP contribution >= 0.6 is 0 Å². The van der Waals surface area contributed by atoms with Gasteiger partial charge in [-0.2, -0.15) is 0 Å². The molecule has 0 saturated heterocycles. The first-order valence-electron chi connectivity index (χ1n) is 11.0. The summed E-state index contributed by atoms with van der Waals surface area (Å²) in [5.41, 5.74) is 0.481. The van der Waals surface area contributed by atoms with Crippen LogP contribution in [0.1, 0.15) is 124 Å². The number of hydrogen-bond acceptors (Lipinski definition) is 3. The van der Waals surface area contributed by atoms with Crippen molar-refractivity contribution < 1.29 is 14.3 Å². The van der Waals surface area contributed by atoms with E-state index in [1.165, 1.54) is 83.5 Å². The third-order valence-corrected chi connectivity index (χ3v) is 4.95. The van der Waals surface area contributed by atoms with Gasteiger partial charge in [0.05, 0.1) is 0 Å². The third kappa shape index (κ3) is 16.4. The van der Waals surface area contributed by atoms with E-state index in [0.29, 0.717) is 12.0 Å². The summed E-state index contributed by atoms with van der Waals surface area (Å²) in [5.74, 6) is -0.913. The minimum Gasteiger partial charge on any atom is -0.390 e. The average Bonchev–Trinajstić information content (AvgIpc) is 2.64. The molecule has 0 bridgehead atoms. The number of unbranched alkanes of at least 4 members (excludes halogenated alkanes) is 14. The van der Waals surface area contributed by atoms with E-state index in [1.54, 1.807) is 19.9 Å². The minimum atomic E-state index is -0.515. The lowest BCUT2D eigenvalue weighted by molar-refractivity contribution is -0.156.